The van der Waals surface area contributed by atoms with Gasteiger partial charge in [0, 0.05) is 0 Å². The summed E-state index contributed by atoms with van der Waals surface area (Å²) in [5.74, 6) is 0.301. The van der Waals surface area contributed by atoms with E-state index >= 15 is 0 Å². The topological polar surface area (TPSA) is 57.8 Å². The molecule has 0 bridgehead atoms. The van der Waals surface area contributed by atoms with Gasteiger partial charge in [0.05, 0.1) is 19.7 Å². The molecule has 6 heteroatoms. The van der Waals surface area contributed by atoms with Crippen LogP contribution in [-0.2, 0) is 0 Å². The molecule has 0 saturated carbocycles. The third-order valence-corrected chi connectivity index (χ3v) is 4.04. The summed E-state index contributed by atoms with van der Waals surface area (Å²) in [5, 5.41) is 2.74. The first-order chi connectivity index (χ1) is 8.72. The van der Waals surface area contributed by atoms with Crippen molar-refractivity contribution in [3.8, 4) is 0 Å². The van der Waals surface area contributed by atoms with Gasteiger partial charge in [0.25, 0.3) is 5.91 Å². The first-order valence-corrected chi connectivity index (χ1v) is 6.85. The second-order valence-electron chi connectivity index (χ2n) is 3.66. The molecule has 2 heterocycles. The van der Waals surface area contributed by atoms with E-state index in [1.807, 2.05) is 30.3 Å². The lowest BCUT2D eigenvalue weighted by atomic mass is 10.3. The Morgan fingerprint density at radius 2 is 2.11 bits per heavy atom. The van der Waals surface area contributed by atoms with Gasteiger partial charge in [0.15, 0.2) is 0 Å². The van der Waals surface area contributed by atoms with Gasteiger partial charge >= 0.3 is 0 Å². The highest BCUT2D eigenvalue weighted by atomic mass is 79.9. The van der Waals surface area contributed by atoms with Crippen molar-refractivity contribution >= 4 is 50.2 Å². The van der Waals surface area contributed by atoms with Crippen LogP contribution in [0, 0.1) is 0 Å². The predicted octanol–water partition coefficient (Wildman–Crippen LogP) is 3.64. The smallest absolute Gasteiger partial charge is 0.268 e. The number of fused-ring (bicyclic) bond motifs is 1. The Balaban J connectivity index is 1.86. The minimum absolute atomic E-state index is 0.162. The summed E-state index contributed by atoms with van der Waals surface area (Å²) in [4.78, 5) is 19.9. The molecule has 90 valence electrons. The van der Waals surface area contributed by atoms with Gasteiger partial charge in [-0.25, -0.2) is 4.98 Å². The quantitative estimate of drug-likeness (QED) is 0.757. The standard InChI is InChI=1S/C12H8BrN3OS/c13-10-6-5-9(18-10)11(17)16-12-14-7-3-1-2-4-8(7)15-12/h1-6H,(H2,14,15,16,17). The van der Waals surface area contributed by atoms with E-state index in [-0.39, 0.29) is 5.91 Å². The molecule has 1 aromatic carbocycles. The van der Waals surface area contributed by atoms with E-state index in [4.69, 9.17) is 0 Å². The lowest BCUT2D eigenvalue weighted by Crippen LogP contribution is -2.11. The molecule has 18 heavy (non-hydrogen) atoms. The second-order valence-corrected chi connectivity index (χ2v) is 6.12. The van der Waals surface area contributed by atoms with Crippen LogP contribution in [0.5, 0.6) is 0 Å². The van der Waals surface area contributed by atoms with Gasteiger partial charge in [0.2, 0.25) is 5.95 Å². The highest BCUT2D eigenvalue weighted by Crippen LogP contribution is 2.23. The number of thiophene rings is 1. The van der Waals surface area contributed by atoms with Gasteiger partial charge in [-0.1, -0.05) is 12.1 Å². The van der Waals surface area contributed by atoms with Crippen molar-refractivity contribution in [2.45, 2.75) is 0 Å². The van der Waals surface area contributed by atoms with Crippen molar-refractivity contribution in [3.63, 3.8) is 0 Å². The molecule has 3 rings (SSSR count). The van der Waals surface area contributed by atoms with E-state index in [9.17, 15) is 4.79 Å². The van der Waals surface area contributed by atoms with Gasteiger partial charge in [-0.15, -0.1) is 11.3 Å². The van der Waals surface area contributed by atoms with E-state index in [2.05, 4.69) is 31.2 Å². The summed E-state index contributed by atoms with van der Waals surface area (Å²) in [6.07, 6.45) is 0. The van der Waals surface area contributed by atoms with Gasteiger partial charge in [0.1, 0.15) is 0 Å². The number of halogens is 1. The van der Waals surface area contributed by atoms with Crippen molar-refractivity contribution in [1.29, 1.82) is 0 Å². The number of amides is 1. The maximum absolute atomic E-state index is 11.9. The summed E-state index contributed by atoms with van der Waals surface area (Å²) in [7, 11) is 0. The molecule has 1 amide bonds. The Labute approximate surface area is 115 Å². The van der Waals surface area contributed by atoms with E-state index in [0.29, 0.717) is 10.8 Å². The van der Waals surface area contributed by atoms with Gasteiger partial charge in [-0.05, 0) is 40.2 Å². The molecule has 0 atom stereocenters. The number of H-pyrrole nitrogens is 1. The molecule has 0 fully saturated rings. The number of anilines is 1. The summed E-state index contributed by atoms with van der Waals surface area (Å²) < 4.78 is 0.928. The number of aromatic amines is 1. The number of nitrogens with one attached hydrogen (secondary N) is 2. The highest BCUT2D eigenvalue weighted by Gasteiger charge is 2.10. The van der Waals surface area contributed by atoms with Crippen LogP contribution < -0.4 is 5.32 Å². The summed E-state index contributed by atoms with van der Waals surface area (Å²) >= 11 is 4.71. The van der Waals surface area contributed by atoms with Crippen LogP contribution in [0.1, 0.15) is 9.67 Å². The molecular weight excluding hydrogens is 314 g/mol. The number of hydrogen-bond donors (Lipinski definition) is 2. The zero-order chi connectivity index (χ0) is 12.5. The van der Waals surface area contributed by atoms with Crippen molar-refractivity contribution in [3.05, 3.63) is 45.1 Å². The number of para-hydroxylation sites is 2. The van der Waals surface area contributed by atoms with Gasteiger partial charge in [-0.3, -0.25) is 10.1 Å². The average molecular weight is 322 g/mol. The molecule has 0 spiro atoms. The fourth-order valence-corrected chi connectivity index (χ4v) is 2.90. The number of carbonyl (C=O) groups is 1. The van der Waals surface area contributed by atoms with Crippen molar-refractivity contribution in [1.82, 2.24) is 9.97 Å². The van der Waals surface area contributed by atoms with E-state index in [1.54, 1.807) is 6.07 Å². The lowest BCUT2D eigenvalue weighted by molar-refractivity contribution is 0.103. The fourth-order valence-electron chi connectivity index (χ4n) is 1.62. The number of carbonyl (C=O) groups excluding carboxylic acids is 1. The molecule has 3 aromatic rings. The molecule has 0 radical (unpaired) electrons. The van der Waals surface area contributed by atoms with Crippen molar-refractivity contribution in [2.75, 3.05) is 5.32 Å². The number of imidazole rings is 1. The van der Waals surface area contributed by atoms with Crippen LogP contribution in [0.25, 0.3) is 11.0 Å². The predicted molar refractivity (Wildman–Crippen MR) is 76.1 cm³/mol. The molecule has 0 unspecified atom stereocenters. The molecule has 0 saturated heterocycles. The molecular formula is C12H8BrN3OS. The highest BCUT2D eigenvalue weighted by molar-refractivity contribution is 9.11. The summed E-state index contributed by atoms with van der Waals surface area (Å²) in [6, 6.07) is 11.3. The number of hydrogen-bond acceptors (Lipinski definition) is 3. The third kappa shape index (κ3) is 2.16. The number of rotatable bonds is 2. The third-order valence-electron chi connectivity index (χ3n) is 2.42. The summed E-state index contributed by atoms with van der Waals surface area (Å²) in [6.45, 7) is 0. The van der Waals surface area contributed by atoms with Crippen LogP contribution in [0.15, 0.2) is 40.2 Å². The zero-order valence-corrected chi connectivity index (χ0v) is 11.5. The Kier molecular flexibility index (Phi) is 2.89. The minimum Gasteiger partial charge on any atom is -0.324 e. The number of benzene rings is 1. The zero-order valence-electron chi connectivity index (χ0n) is 9.11. The van der Waals surface area contributed by atoms with Crippen LogP contribution in [-0.4, -0.2) is 15.9 Å². The number of nitrogens with zero attached hydrogens (tertiary/aromatic N) is 1. The van der Waals surface area contributed by atoms with Crippen LogP contribution in [0.2, 0.25) is 0 Å². The first-order valence-electron chi connectivity index (χ1n) is 5.24. The molecule has 4 nitrogen and oxygen atoms in total. The Morgan fingerprint density at radius 3 is 2.83 bits per heavy atom. The van der Waals surface area contributed by atoms with Crippen LogP contribution in [0.4, 0.5) is 5.95 Å². The van der Waals surface area contributed by atoms with E-state index in [0.717, 1.165) is 14.8 Å². The van der Waals surface area contributed by atoms with Crippen molar-refractivity contribution in [2.24, 2.45) is 0 Å². The monoisotopic (exact) mass is 321 g/mol. The minimum atomic E-state index is -0.162. The maximum atomic E-state index is 11.9. The Bertz CT molecular complexity index is 686. The lowest BCUT2D eigenvalue weighted by Gasteiger charge is -1.97. The average Bonchev–Trinajstić information content (AvgIpc) is 2.94. The normalized spacial score (nSPS) is 10.7. The molecule has 2 N–H and O–H groups in total. The maximum Gasteiger partial charge on any atom is 0.268 e. The van der Waals surface area contributed by atoms with E-state index in [1.165, 1.54) is 11.3 Å². The largest absolute Gasteiger partial charge is 0.324 e. The van der Waals surface area contributed by atoms with E-state index < -0.39 is 0 Å². The Morgan fingerprint density at radius 1 is 1.28 bits per heavy atom. The van der Waals surface area contributed by atoms with Crippen LogP contribution in [0.3, 0.4) is 0 Å². The van der Waals surface area contributed by atoms with Gasteiger partial charge < -0.3 is 4.98 Å². The van der Waals surface area contributed by atoms with Crippen molar-refractivity contribution < 1.29 is 4.79 Å². The molecule has 0 aliphatic carbocycles. The molecule has 0 aliphatic rings. The second kappa shape index (κ2) is 4.55. The first kappa shape index (κ1) is 11.4. The van der Waals surface area contributed by atoms with Crippen LogP contribution >= 0.6 is 27.3 Å². The SMILES string of the molecule is O=C(Nc1nc2ccccc2[nH]1)c1ccc(Br)s1. The number of aromatic nitrogens is 2. The van der Waals surface area contributed by atoms with Gasteiger partial charge in [-0.2, -0.15) is 0 Å². The Hall–Kier alpha value is -1.66. The molecule has 0 aliphatic heterocycles. The fraction of sp³-hybridized carbons (Fsp3) is 0. The molecule has 2 aromatic heterocycles. The summed E-state index contributed by atoms with van der Waals surface area (Å²) in [5.41, 5.74) is 1.74.